The predicted molar refractivity (Wildman–Crippen MR) is 35.5 cm³/mol. The van der Waals surface area contributed by atoms with Crippen LogP contribution in [0.3, 0.4) is 0 Å². The highest BCUT2D eigenvalue weighted by Crippen LogP contribution is 2.01. The van der Waals surface area contributed by atoms with Crippen molar-refractivity contribution in [2.75, 3.05) is 5.84 Å². The second kappa shape index (κ2) is 1.66. The molecule has 0 radical (unpaired) electrons. The molecule has 2 aromatic heterocycles. The van der Waals surface area contributed by atoms with Crippen LogP contribution >= 0.6 is 0 Å². The van der Waals surface area contributed by atoms with Gasteiger partial charge < -0.3 is 5.84 Å². The Morgan fingerprint density at radius 1 is 1.30 bits per heavy atom. The molecular weight excluding hydrogens is 130 g/mol. The molecule has 0 aromatic carbocycles. The van der Waals surface area contributed by atoms with E-state index < -0.39 is 0 Å². The van der Waals surface area contributed by atoms with Crippen LogP contribution < -0.4 is 5.84 Å². The Balaban J connectivity index is 2.93. The summed E-state index contributed by atoms with van der Waals surface area (Å²) in [6, 6.07) is 0. The Bertz CT molecular complexity index is 352. The topological polar surface area (TPSA) is 69.6 Å². The second-order valence-electron chi connectivity index (χ2n) is 1.85. The van der Waals surface area contributed by atoms with Crippen LogP contribution in [0, 0.1) is 0 Å². The van der Waals surface area contributed by atoms with Gasteiger partial charge >= 0.3 is 0 Å². The van der Waals surface area contributed by atoms with E-state index in [2.05, 4.69) is 15.1 Å². The van der Waals surface area contributed by atoms with Gasteiger partial charge in [-0.1, -0.05) is 0 Å². The normalized spacial score (nSPS) is 10.4. The number of aromatic nitrogens is 4. The number of nitrogens with zero attached hydrogens (tertiary/aromatic N) is 4. The maximum atomic E-state index is 5.38. The SMILES string of the molecule is Nn1ncc2nccnc21. The monoisotopic (exact) mass is 135 g/mol. The van der Waals surface area contributed by atoms with Crippen molar-refractivity contribution < 1.29 is 0 Å². The van der Waals surface area contributed by atoms with E-state index >= 15 is 0 Å². The minimum absolute atomic E-state index is 0.600. The molecule has 10 heavy (non-hydrogen) atoms. The van der Waals surface area contributed by atoms with Crippen LogP contribution in [0.5, 0.6) is 0 Å². The highest BCUT2D eigenvalue weighted by atomic mass is 15.5. The predicted octanol–water partition coefficient (Wildman–Crippen LogP) is -0.460. The van der Waals surface area contributed by atoms with Gasteiger partial charge in [-0.25, -0.2) is 9.97 Å². The summed E-state index contributed by atoms with van der Waals surface area (Å²) >= 11 is 0. The fraction of sp³-hybridized carbons (Fsp3) is 0. The van der Waals surface area contributed by atoms with Gasteiger partial charge in [0.25, 0.3) is 0 Å². The molecule has 5 nitrogen and oxygen atoms in total. The number of fused-ring (bicyclic) bond motifs is 1. The smallest absolute Gasteiger partial charge is 0.199 e. The Hall–Kier alpha value is -1.65. The van der Waals surface area contributed by atoms with Crippen molar-refractivity contribution in [1.82, 2.24) is 19.9 Å². The summed E-state index contributed by atoms with van der Waals surface area (Å²) in [7, 11) is 0. The summed E-state index contributed by atoms with van der Waals surface area (Å²) in [5.41, 5.74) is 1.31. The molecule has 2 aromatic rings. The zero-order chi connectivity index (χ0) is 6.97. The molecule has 5 heteroatoms. The molecule has 0 bridgehead atoms. The highest BCUT2D eigenvalue weighted by molar-refractivity contribution is 5.68. The summed E-state index contributed by atoms with van der Waals surface area (Å²) in [5.74, 6) is 5.38. The maximum Gasteiger partial charge on any atom is 0.199 e. The minimum Gasteiger partial charge on any atom is -0.321 e. The van der Waals surface area contributed by atoms with Crippen molar-refractivity contribution in [3.63, 3.8) is 0 Å². The molecule has 0 amide bonds. The van der Waals surface area contributed by atoms with Gasteiger partial charge in [-0.05, 0) is 0 Å². The van der Waals surface area contributed by atoms with Crippen LogP contribution in [-0.4, -0.2) is 19.9 Å². The Labute approximate surface area is 56.5 Å². The largest absolute Gasteiger partial charge is 0.321 e. The molecule has 0 aliphatic rings. The molecule has 0 aliphatic heterocycles. The van der Waals surface area contributed by atoms with Crippen LogP contribution in [0.15, 0.2) is 18.6 Å². The van der Waals surface area contributed by atoms with E-state index in [9.17, 15) is 0 Å². The molecule has 2 N–H and O–H groups in total. The standard InChI is InChI=1S/C5H5N5/c6-10-5-4(3-9-10)7-1-2-8-5/h1-3H,6H2. The third-order valence-electron chi connectivity index (χ3n) is 1.23. The first-order valence-corrected chi connectivity index (χ1v) is 2.78. The fourth-order valence-electron chi connectivity index (χ4n) is 0.781. The third kappa shape index (κ3) is 0.540. The average Bonchev–Trinajstić information content (AvgIpc) is 2.34. The van der Waals surface area contributed by atoms with Gasteiger partial charge in [-0.15, -0.1) is 0 Å². The summed E-state index contributed by atoms with van der Waals surface area (Å²) in [5, 5.41) is 3.77. The summed E-state index contributed by atoms with van der Waals surface area (Å²) in [6.45, 7) is 0. The first kappa shape index (κ1) is 5.16. The van der Waals surface area contributed by atoms with Gasteiger partial charge in [-0.3, -0.25) is 0 Å². The van der Waals surface area contributed by atoms with Crippen LogP contribution in [0.25, 0.3) is 11.2 Å². The lowest BCUT2D eigenvalue weighted by atomic mass is 10.6. The molecule has 0 fully saturated rings. The zero-order valence-corrected chi connectivity index (χ0v) is 5.10. The first-order valence-electron chi connectivity index (χ1n) is 2.78. The van der Waals surface area contributed by atoms with Gasteiger partial charge in [0.05, 0.1) is 6.20 Å². The Morgan fingerprint density at radius 2 is 2.10 bits per heavy atom. The highest BCUT2D eigenvalue weighted by Gasteiger charge is 1.98. The van der Waals surface area contributed by atoms with Crippen molar-refractivity contribution in [1.29, 1.82) is 0 Å². The lowest BCUT2D eigenvalue weighted by Crippen LogP contribution is -2.09. The van der Waals surface area contributed by atoms with E-state index in [0.29, 0.717) is 11.2 Å². The minimum atomic E-state index is 0.600. The van der Waals surface area contributed by atoms with Gasteiger partial charge in [0.1, 0.15) is 5.52 Å². The lowest BCUT2D eigenvalue weighted by Gasteiger charge is -1.88. The van der Waals surface area contributed by atoms with E-state index in [4.69, 9.17) is 5.84 Å². The van der Waals surface area contributed by atoms with E-state index in [0.717, 1.165) is 0 Å². The molecule has 50 valence electrons. The van der Waals surface area contributed by atoms with E-state index in [1.807, 2.05) is 0 Å². The molecular formula is C5H5N5. The summed E-state index contributed by atoms with van der Waals surface area (Å²) < 4.78 is 0. The van der Waals surface area contributed by atoms with Gasteiger partial charge in [-0.2, -0.15) is 9.89 Å². The van der Waals surface area contributed by atoms with E-state index in [-0.39, 0.29) is 0 Å². The lowest BCUT2D eigenvalue weighted by molar-refractivity contribution is 0.850. The second-order valence-corrected chi connectivity index (χ2v) is 1.85. The number of hydrogen-bond acceptors (Lipinski definition) is 4. The van der Waals surface area contributed by atoms with Gasteiger partial charge in [0.15, 0.2) is 5.65 Å². The maximum absolute atomic E-state index is 5.38. The molecule has 0 unspecified atom stereocenters. The van der Waals surface area contributed by atoms with E-state index in [1.54, 1.807) is 18.6 Å². The quantitative estimate of drug-likeness (QED) is 0.496. The molecule has 0 aliphatic carbocycles. The van der Waals surface area contributed by atoms with Crippen LogP contribution in [0.4, 0.5) is 0 Å². The van der Waals surface area contributed by atoms with Gasteiger partial charge in [0, 0.05) is 12.4 Å². The number of rotatable bonds is 0. The van der Waals surface area contributed by atoms with Crippen molar-refractivity contribution in [2.45, 2.75) is 0 Å². The summed E-state index contributed by atoms with van der Waals surface area (Å²) in [6.07, 6.45) is 4.75. The zero-order valence-electron chi connectivity index (χ0n) is 5.10. The van der Waals surface area contributed by atoms with Crippen LogP contribution in [-0.2, 0) is 0 Å². The first-order chi connectivity index (χ1) is 4.88. The molecule has 0 spiro atoms. The van der Waals surface area contributed by atoms with Gasteiger partial charge in [0.2, 0.25) is 0 Å². The fourth-order valence-corrected chi connectivity index (χ4v) is 0.781. The number of nitrogens with two attached hydrogens (primary N) is 1. The van der Waals surface area contributed by atoms with Crippen molar-refractivity contribution >= 4 is 11.2 Å². The third-order valence-corrected chi connectivity index (χ3v) is 1.23. The Morgan fingerprint density at radius 3 is 2.90 bits per heavy atom. The number of nitrogen functional groups attached to an aromatic ring is 1. The molecule has 0 atom stereocenters. The van der Waals surface area contributed by atoms with Crippen molar-refractivity contribution in [3.05, 3.63) is 18.6 Å². The average molecular weight is 135 g/mol. The van der Waals surface area contributed by atoms with Crippen LogP contribution in [0.2, 0.25) is 0 Å². The molecule has 0 saturated carbocycles. The van der Waals surface area contributed by atoms with Crippen molar-refractivity contribution in [2.24, 2.45) is 0 Å². The molecule has 2 heterocycles. The molecule has 2 rings (SSSR count). The number of hydrogen-bond donors (Lipinski definition) is 1. The van der Waals surface area contributed by atoms with Crippen LogP contribution in [0.1, 0.15) is 0 Å². The van der Waals surface area contributed by atoms with E-state index in [1.165, 1.54) is 4.79 Å². The summed E-state index contributed by atoms with van der Waals surface area (Å²) in [4.78, 5) is 9.13. The molecule has 0 saturated heterocycles. The van der Waals surface area contributed by atoms with Crippen molar-refractivity contribution in [3.8, 4) is 0 Å². The Kier molecular flexibility index (Phi) is 0.858.